The standard InChI is InChI=1S/C22H18N4O2S/c1-15-13-19(25-26(15)18-9-3-2-4-10-18)21(27)23-16-7-5-8-17(14-16)24-22(28)20-11-6-12-29-20/h2-14H,1H3,(H,23,27)(H,24,28). The van der Waals surface area contributed by atoms with Gasteiger partial charge < -0.3 is 10.6 Å². The molecule has 0 spiro atoms. The van der Waals surface area contributed by atoms with Crippen LogP contribution in [0.4, 0.5) is 11.4 Å². The fraction of sp³-hybridized carbons (Fsp3) is 0.0455. The van der Waals surface area contributed by atoms with Gasteiger partial charge >= 0.3 is 0 Å². The molecule has 2 heterocycles. The summed E-state index contributed by atoms with van der Waals surface area (Å²) in [5.74, 6) is -0.495. The second kappa shape index (κ2) is 8.12. The Hall–Kier alpha value is -3.71. The molecule has 0 aliphatic carbocycles. The number of nitrogens with one attached hydrogen (secondary N) is 2. The van der Waals surface area contributed by atoms with Crippen LogP contribution < -0.4 is 10.6 Å². The highest BCUT2D eigenvalue weighted by atomic mass is 32.1. The molecular formula is C22H18N4O2S. The van der Waals surface area contributed by atoms with Crippen molar-refractivity contribution in [2.24, 2.45) is 0 Å². The predicted octanol–water partition coefficient (Wildman–Crippen LogP) is 4.75. The molecule has 2 aromatic carbocycles. The highest BCUT2D eigenvalue weighted by Gasteiger charge is 2.14. The number of anilines is 2. The fourth-order valence-electron chi connectivity index (χ4n) is 2.89. The summed E-state index contributed by atoms with van der Waals surface area (Å²) in [5.41, 5.74) is 3.25. The number of carbonyl (C=O) groups is 2. The summed E-state index contributed by atoms with van der Waals surface area (Å²) in [6.07, 6.45) is 0. The van der Waals surface area contributed by atoms with Gasteiger partial charge in [-0.1, -0.05) is 30.3 Å². The largest absolute Gasteiger partial charge is 0.321 e. The normalized spacial score (nSPS) is 10.5. The minimum absolute atomic E-state index is 0.180. The summed E-state index contributed by atoms with van der Waals surface area (Å²) in [4.78, 5) is 25.5. The van der Waals surface area contributed by atoms with Crippen molar-refractivity contribution in [2.45, 2.75) is 6.92 Å². The van der Waals surface area contributed by atoms with Crippen LogP contribution in [0.25, 0.3) is 5.69 Å². The number of thiophene rings is 1. The van der Waals surface area contributed by atoms with E-state index in [-0.39, 0.29) is 11.8 Å². The topological polar surface area (TPSA) is 76.0 Å². The minimum atomic E-state index is -0.315. The first-order chi connectivity index (χ1) is 14.1. The molecule has 2 aromatic heterocycles. The SMILES string of the molecule is Cc1cc(C(=O)Nc2cccc(NC(=O)c3cccs3)c2)nn1-c1ccccc1. The van der Waals surface area contributed by atoms with Crippen LogP contribution in [-0.4, -0.2) is 21.6 Å². The molecule has 0 saturated heterocycles. The number of para-hydroxylation sites is 1. The number of benzene rings is 2. The number of amides is 2. The molecule has 4 aromatic rings. The van der Waals surface area contributed by atoms with Gasteiger partial charge in [-0.15, -0.1) is 11.3 Å². The molecule has 4 rings (SSSR count). The maximum atomic E-state index is 12.7. The number of aryl methyl sites for hydroxylation is 1. The van der Waals surface area contributed by atoms with Gasteiger partial charge in [0.05, 0.1) is 10.6 Å². The molecule has 0 bridgehead atoms. The molecule has 0 atom stereocenters. The number of hydrogen-bond donors (Lipinski definition) is 2. The molecule has 0 aliphatic heterocycles. The van der Waals surface area contributed by atoms with Crippen molar-refractivity contribution >= 4 is 34.5 Å². The maximum Gasteiger partial charge on any atom is 0.276 e. The van der Waals surface area contributed by atoms with Gasteiger partial charge in [0.2, 0.25) is 0 Å². The Morgan fingerprint density at radius 1 is 0.862 bits per heavy atom. The van der Waals surface area contributed by atoms with E-state index >= 15 is 0 Å². The van der Waals surface area contributed by atoms with Crippen LogP contribution in [-0.2, 0) is 0 Å². The van der Waals surface area contributed by atoms with E-state index in [4.69, 9.17) is 0 Å². The van der Waals surface area contributed by atoms with E-state index in [0.29, 0.717) is 21.9 Å². The lowest BCUT2D eigenvalue weighted by molar-refractivity contribution is 0.101. The maximum absolute atomic E-state index is 12.7. The number of carbonyl (C=O) groups excluding carboxylic acids is 2. The van der Waals surface area contributed by atoms with Gasteiger partial charge in [0.15, 0.2) is 5.69 Å². The zero-order chi connectivity index (χ0) is 20.2. The van der Waals surface area contributed by atoms with Crippen LogP contribution >= 0.6 is 11.3 Å². The van der Waals surface area contributed by atoms with Crippen LogP contribution in [0.2, 0.25) is 0 Å². The van der Waals surface area contributed by atoms with Crippen molar-refractivity contribution in [3.05, 3.63) is 94.4 Å². The Labute approximate surface area is 171 Å². The third-order valence-corrected chi connectivity index (χ3v) is 5.11. The van der Waals surface area contributed by atoms with E-state index in [1.165, 1.54) is 11.3 Å². The molecule has 0 fully saturated rings. The quantitative estimate of drug-likeness (QED) is 0.506. The summed E-state index contributed by atoms with van der Waals surface area (Å²) in [5, 5.41) is 11.9. The van der Waals surface area contributed by atoms with E-state index in [0.717, 1.165) is 11.4 Å². The number of rotatable bonds is 5. The van der Waals surface area contributed by atoms with Gasteiger partial charge in [-0.2, -0.15) is 5.10 Å². The van der Waals surface area contributed by atoms with Crippen molar-refractivity contribution in [1.29, 1.82) is 0 Å². The van der Waals surface area contributed by atoms with E-state index in [1.807, 2.05) is 48.7 Å². The molecular weight excluding hydrogens is 384 g/mol. The second-order valence-electron chi connectivity index (χ2n) is 6.38. The monoisotopic (exact) mass is 402 g/mol. The third kappa shape index (κ3) is 4.25. The Kier molecular flexibility index (Phi) is 5.22. The Balaban J connectivity index is 1.48. The molecule has 0 aliphatic rings. The lowest BCUT2D eigenvalue weighted by atomic mass is 10.2. The van der Waals surface area contributed by atoms with Crippen LogP contribution in [0.3, 0.4) is 0 Å². The van der Waals surface area contributed by atoms with E-state index < -0.39 is 0 Å². The highest BCUT2D eigenvalue weighted by molar-refractivity contribution is 7.12. The number of aromatic nitrogens is 2. The highest BCUT2D eigenvalue weighted by Crippen LogP contribution is 2.19. The van der Waals surface area contributed by atoms with Crippen molar-refractivity contribution in [3.8, 4) is 5.69 Å². The van der Waals surface area contributed by atoms with E-state index in [1.54, 1.807) is 41.1 Å². The second-order valence-corrected chi connectivity index (χ2v) is 7.33. The third-order valence-electron chi connectivity index (χ3n) is 4.24. The zero-order valence-corrected chi connectivity index (χ0v) is 16.4. The fourth-order valence-corrected chi connectivity index (χ4v) is 3.51. The summed E-state index contributed by atoms with van der Waals surface area (Å²) in [7, 11) is 0. The number of nitrogens with zero attached hydrogens (tertiary/aromatic N) is 2. The van der Waals surface area contributed by atoms with Crippen molar-refractivity contribution in [1.82, 2.24) is 9.78 Å². The Morgan fingerprint density at radius 2 is 1.59 bits per heavy atom. The van der Waals surface area contributed by atoms with Crippen molar-refractivity contribution in [3.63, 3.8) is 0 Å². The average molecular weight is 402 g/mol. The van der Waals surface area contributed by atoms with E-state index in [9.17, 15) is 9.59 Å². The molecule has 0 unspecified atom stereocenters. The summed E-state index contributed by atoms with van der Waals surface area (Å²) >= 11 is 1.37. The molecule has 144 valence electrons. The lowest BCUT2D eigenvalue weighted by Crippen LogP contribution is -2.14. The molecule has 29 heavy (non-hydrogen) atoms. The Morgan fingerprint density at radius 3 is 2.28 bits per heavy atom. The summed E-state index contributed by atoms with van der Waals surface area (Å²) < 4.78 is 1.73. The predicted molar refractivity (Wildman–Crippen MR) is 115 cm³/mol. The van der Waals surface area contributed by atoms with Crippen LogP contribution in [0.1, 0.15) is 25.9 Å². The van der Waals surface area contributed by atoms with Crippen LogP contribution in [0.5, 0.6) is 0 Å². The molecule has 7 heteroatoms. The van der Waals surface area contributed by atoms with Gasteiger partial charge in [0, 0.05) is 17.1 Å². The summed E-state index contributed by atoms with van der Waals surface area (Å²) in [6, 6.07) is 22.0. The Bertz CT molecular complexity index is 1150. The molecule has 0 saturated carbocycles. The van der Waals surface area contributed by atoms with Crippen LogP contribution in [0.15, 0.2) is 78.2 Å². The van der Waals surface area contributed by atoms with Gasteiger partial charge in [-0.05, 0) is 54.8 Å². The summed E-state index contributed by atoms with van der Waals surface area (Å²) in [6.45, 7) is 1.90. The van der Waals surface area contributed by atoms with Gasteiger partial charge in [0.25, 0.3) is 11.8 Å². The van der Waals surface area contributed by atoms with Gasteiger partial charge in [-0.25, -0.2) is 4.68 Å². The minimum Gasteiger partial charge on any atom is -0.321 e. The van der Waals surface area contributed by atoms with Crippen molar-refractivity contribution in [2.75, 3.05) is 10.6 Å². The first-order valence-corrected chi connectivity index (χ1v) is 9.86. The van der Waals surface area contributed by atoms with Crippen molar-refractivity contribution < 1.29 is 9.59 Å². The van der Waals surface area contributed by atoms with Gasteiger partial charge in [-0.3, -0.25) is 9.59 Å². The first kappa shape index (κ1) is 18.6. The number of hydrogen-bond acceptors (Lipinski definition) is 4. The first-order valence-electron chi connectivity index (χ1n) is 8.98. The smallest absolute Gasteiger partial charge is 0.276 e. The van der Waals surface area contributed by atoms with Gasteiger partial charge in [0.1, 0.15) is 0 Å². The molecule has 0 radical (unpaired) electrons. The molecule has 2 N–H and O–H groups in total. The average Bonchev–Trinajstić information content (AvgIpc) is 3.39. The zero-order valence-electron chi connectivity index (χ0n) is 15.6. The lowest BCUT2D eigenvalue weighted by Gasteiger charge is -2.07. The molecule has 6 nitrogen and oxygen atoms in total. The molecule has 2 amide bonds. The van der Waals surface area contributed by atoms with E-state index in [2.05, 4.69) is 15.7 Å². The van der Waals surface area contributed by atoms with Crippen LogP contribution in [0, 0.1) is 6.92 Å².